The molecule has 1 unspecified atom stereocenters. The predicted molar refractivity (Wildman–Crippen MR) is 99.7 cm³/mol. The number of pyridine rings is 1. The number of nitrogens with two attached hydrogens (primary N) is 1. The van der Waals surface area contributed by atoms with Gasteiger partial charge in [-0.3, -0.25) is 9.59 Å². The summed E-state index contributed by atoms with van der Waals surface area (Å²) in [6.45, 7) is 3.62. The number of aryl methyl sites for hydroxylation is 1. The molecule has 1 saturated heterocycles. The van der Waals surface area contributed by atoms with E-state index in [1.807, 2.05) is 19.1 Å². The summed E-state index contributed by atoms with van der Waals surface area (Å²) in [6.07, 6.45) is 2.82. The second kappa shape index (κ2) is 11.2. The number of hydrogen-bond donors (Lipinski definition) is 2. The van der Waals surface area contributed by atoms with Gasteiger partial charge >= 0.3 is 0 Å². The molecule has 0 spiro atoms. The highest BCUT2D eigenvalue weighted by Crippen LogP contribution is 2.19. The molecule has 8 heteroatoms. The molecule has 3 N–H and O–H groups in total. The van der Waals surface area contributed by atoms with Crippen LogP contribution in [0.25, 0.3) is 0 Å². The lowest BCUT2D eigenvalue weighted by Gasteiger charge is -2.32. The number of aromatic nitrogens is 1. The molecule has 1 aliphatic rings. The number of carbonyl (C=O) groups is 2. The second-order valence-electron chi connectivity index (χ2n) is 5.72. The molecule has 0 aliphatic carbocycles. The molecule has 0 saturated carbocycles. The minimum atomic E-state index is -0.169. The van der Waals surface area contributed by atoms with Crippen molar-refractivity contribution in [3.8, 4) is 0 Å². The number of hydrogen-bond acceptors (Lipinski definition) is 4. The predicted octanol–water partition coefficient (Wildman–Crippen LogP) is 2.15. The lowest BCUT2D eigenvalue weighted by molar-refractivity contribution is -0.134. The van der Waals surface area contributed by atoms with Crippen molar-refractivity contribution < 1.29 is 9.59 Å². The first-order valence-corrected chi connectivity index (χ1v) is 7.82. The van der Waals surface area contributed by atoms with Gasteiger partial charge in [0.15, 0.2) is 0 Å². The molecular weight excluding hydrogens is 351 g/mol. The number of rotatable bonds is 5. The van der Waals surface area contributed by atoms with Gasteiger partial charge in [0.1, 0.15) is 5.82 Å². The Hall–Kier alpha value is -1.37. The maximum absolute atomic E-state index is 12.4. The fourth-order valence-corrected chi connectivity index (χ4v) is 2.67. The average Bonchev–Trinajstić information content (AvgIpc) is 2.52. The number of likely N-dealkylation sites (tertiary alicyclic amines) is 1. The summed E-state index contributed by atoms with van der Waals surface area (Å²) in [7, 11) is 0. The number of anilines is 1. The number of halogens is 2. The Balaban J connectivity index is 0.00000264. The molecule has 0 aromatic carbocycles. The zero-order valence-electron chi connectivity index (χ0n) is 13.9. The lowest BCUT2D eigenvalue weighted by atomic mass is 9.96. The molecule has 0 radical (unpaired) electrons. The lowest BCUT2D eigenvalue weighted by Crippen LogP contribution is -2.43. The van der Waals surface area contributed by atoms with Crippen LogP contribution in [0, 0.1) is 12.8 Å². The maximum Gasteiger partial charge on any atom is 0.230 e. The first-order valence-electron chi connectivity index (χ1n) is 7.82. The highest BCUT2D eigenvalue weighted by molar-refractivity contribution is 5.92. The molecule has 1 fully saturated rings. The van der Waals surface area contributed by atoms with Gasteiger partial charge in [-0.05, 0) is 44.9 Å². The fraction of sp³-hybridized carbons (Fsp3) is 0.562. The first-order chi connectivity index (χ1) is 10.6. The normalized spacial score (nSPS) is 16.6. The van der Waals surface area contributed by atoms with E-state index >= 15 is 0 Å². The minimum absolute atomic E-state index is 0. The van der Waals surface area contributed by atoms with Gasteiger partial charge < -0.3 is 16.0 Å². The number of amides is 2. The Labute approximate surface area is 155 Å². The number of nitrogens with one attached hydrogen (secondary N) is 1. The monoisotopic (exact) mass is 376 g/mol. The highest BCUT2D eigenvalue weighted by atomic mass is 35.5. The second-order valence-corrected chi connectivity index (χ2v) is 5.72. The van der Waals surface area contributed by atoms with Crippen LogP contribution in [-0.4, -0.2) is 41.3 Å². The Morgan fingerprint density at radius 3 is 2.79 bits per heavy atom. The average molecular weight is 377 g/mol. The standard InChI is InChI=1S/C16H24N4O2.2ClH/c1-12-5-2-7-14(18-12)19-16(22)13-6-4-10-20(11-13)15(21)8-3-9-17;;/h2,5,7,13H,3-4,6,8-11,17H2,1H3,(H,18,19,22);2*1H. The number of nitrogens with zero attached hydrogens (tertiary/aromatic N) is 2. The summed E-state index contributed by atoms with van der Waals surface area (Å²) in [6, 6.07) is 5.52. The number of piperidine rings is 1. The van der Waals surface area contributed by atoms with Crippen LogP contribution in [-0.2, 0) is 9.59 Å². The van der Waals surface area contributed by atoms with E-state index in [2.05, 4.69) is 10.3 Å². The van der Waals surface area contributed by atoms with Crippen LogP contribution < -0.4 is 11.1 Å². The summed E-state index contributed by atoms with van der Waals surface area (Å²) in [4.78, 5) is 30.5. The Bertz CT molecular complexity index is 543. The van der Waals surface area contributed by atoms with Gasteiger partial charge in [0.05, 0.1) is 5.92 Å². The van der Waals surface area contributed by atoms with Gasteiger partial charge in [-0.1, -0.05) is 6.07 Å². The third-order valence-corrected chi connectivity index (χ3v) is 3.88. The van der Waals surface area contributed by atoms with Crippen molar-refractivity contribution in [2.24, 2.45) is 11.7 Å². The van der Waals surface area contributed by atoms with Gasteiger partial charge in [0.2, 0.25) is 11.8 Å². The van der Waals surface area contributed by atoms with Crippen LogP contribution in [0.2, 0.25) is 0 Å². The minimum Gasteiger partial charge on any atom is -0.342 e. The molecular formula is C16H26Cl2N4O2. The third kappa shape index (κ3) is 6.63. The van der Waals surface area contributed by atoms with E-state index in [-0.39, 0.29) is 42.5 Å². The third-order valence-electron chi connectivity index (χ3n) is 3.88. The number of carbonyl (C=O) groups excluding carboxylic acids is 2. The molecule has 1 aromatic rings. The fourth-order valence-electron chi connectivity index (χ4n) is 2.67. The molecule has 1 aromatic heterocycles. The zero-order valence-corrected chi connectivity index (χ0v) is 15.5. The van der Waals surface area contributed by atoms with Crippen molar-refractivity contribution >= 4 is 42.4 Å². The maximum atomic E-state index is 12.4. The Kier molecular flexibility index (Phi) is 10.6. The SMILES string of the molecule is Cc1cccc(NC(=O)C2CCCN(C(=O)CCCN)C2)n1.Cl.Cl. The molecule has 2 heterocycles. The molecule has 1 atom stereocenters. The molecule has 2 amide bonds. The molecule has 0 bridgehead atoms. The van der Waals surface area contributed by atoms with E-state index in [0.717, 1.165) is 25.1 Å². The van der Waals surface area contributed by atoms with Gasteiger partial charge in [-0.2, -0.15) is 0 Å². The van der Waals surface area contributed by atoms with Gasteiger partial charge in [-0.25, -0.2) is 4.98 Å². The van der Waals surface area contributed by atoms with Crippen LogP contribution in [0.1, 0.15) is 31.4 Å². The highest BCUT2D eigenvalue weighted by Gasteiger charge is 2.28. The van der Waals surface area contributed by atoms with Crippen LogP contribution in [0.5, 0.6) is 0 Å². The van der Waals surface area contributed by atoms with Gasteiger partial charge in [-0.15, -0.1) is 24.8 Å². The van der Waals surface area contributed by atoms with E-state index in [1.54, 1.807) is 11.0 Å². The first kappa shape index (κ1) is 22.6. The summed E-state index contributed by atoms with van der Waals surface area (Å²) < 4.78 is 0. The van der Waals surface area contributed by atoms with Crippen molar-refractivity contribution in [3.63, 3.8) is 0 Å². The quantitative estimate of drug-likeness (QED) is 0.823. The molecule has 6 nitrogen and oxygen atoms in total. The smallest absolute Gasteiger partial charge is 0.230 e. The van der Waals surface area contributed by atoms with E-state index in [1.165, 1.54) is 0 Å². The summed E-state index contributed by atoms with van der Waals surface area (Å²) in [5, 5.41) is 2.85. The summed E-state index contributed by atoms with van der Waals surface area (Å²) in [5.74, 6) is 0.431. The largest absolute Gasteiger partial charge is 0.342 e. The van der Waals surface area contributed by atoms with Crippen LogP contribution >= 0.6 is 24.8 Å². The van der Waals surface area contributed by atoms with Crippen molar-refractivity contribution in [1.82, 2.24) is 9.88 Å². The van der Waals surface area contributed by atoms with Crippen molar-refractivity contribution in [3.05, 3.63) is 23.9 Å². The van der Waals surface area contributed by atoms with Crippen molar-refractivity contribution in [2.75, 3.05) is 25.0 Å². The Morgan fingerprint density at radius 2 is 2.12 bits per heavy atom. The van der Waals surface area contributed by atoms with Crippen molar-refractivity contribution in [2.45, 2.75) is 32.6 Å². The van der Waals surface area contributed by atoms with E-state index < -0.39 is 0 Å². The van der Waals surface area contributed by atoms with E-state index in [0.29, 0.717) is 31.7 Å². The van der Waals surface area contributed by atoms with Gasteiger partial charge in [0.25, 0.3) is 0 Å². The zero-order chi connectivity index (χ0) is 15.9. The van der Waals surface area contributed by atoms with Crippen molar-refractivity contribution in [1.29, 1.82) is 0 Å². The topological polar surface area (TPSA) is 88.3 Å². The van der Waals surface area contributed by atoms with Gasteiger partial charge in [0, 0.05) is 25.2 Å². The summed E-state index contributed by atoms with van der Waals surface area (Å²) in [5.41, 5.74) is 6.30. The molecule has 1 aliphatic heterocycles. The Morgan fingerprint density at radius 1 is 1.38 bits per heavy atom. The van der Waals surface area contributed by atoms with E-state index in [9.17, 15) is 9.59 Å². The summed E-state index contributed by atoms with van der Waals surface area (Å²) >= 11 is 0. The molecule has 136 valence electrons. The molecule has 2 rings (SSSR count). The van der Waals surface area contributed by atoms with E-state index in [4.69, 9.17) is 5.73 Å². The van der Waals surface area contributed by atoms with Crippen LogP contribution in [0.4, 0.5) is 5.82 Å². The van der Waals surface area contributed by atoms with Crippen LogP contribution in [0.15, 0.2) is 18.2 Å². The molecule has 24 heavy (non-hydrogen) atoms. The van der Waals surface area contributed by atoms with Crippen LogP contribution in [0.3, 0.4) is 0 Å².